The number of hydrogen-bond acceptors (Lipinski definition) is 7. The normalized spacial score (nSPS) is 16.5. The van der Waals surface area contributed by atoms with Gasteiger partial charge in [0.2, 0.25) is 5.95 Å². The Balaban J connectivity index is 1.47. The summed E-state index contributed by atoms with van der Waals surface area (Å²) in [6, 6.07) is 11.3. The molecule has 1 aliphatic carbocycles. The van der Waals surface area contributed by atoms with Gasteiger partial charge in [-0.15, -0.1) is 0 Å². The first-order valence-electron chi connectivity index (χ1n) is 12.3. The highest BCUT2D eigenvalue weighted by Crippen LogP contribution is 2.42. The molecule has 38 heavy (non-hydrogen) atoms. The minimum atomic E-state index is -4.65. The maximum absolute atomic E-state index is 13.6. The van der Waals surface area contributed by atoms with E-state index in [-0.39, 0.29) is 22.7 Å². The standard InChI is InChI=1S/C26H23F3N8O/c27-26(28,29)15-36-23(38)20-13-33-24(34-18-3-2-16-4-8-31-12-17(16)10-18)35-22(20)37(36)19-5-9-32-21(11-19)25(14-30)6-1-7-25/h2-3,5,9-11,13,31H,1,4,6-8,12,15H2,(H,33,34,35). The van der Waals surface area contributed by atoms with Gasteiger partial charge in [0.15, 0.2) is 5.65 Å². The van der Waals surface area contributed by atoms with E-state index in [2.05, 4.69) is 31.7 Å². The lowest BCUT2D eigenvalue weighted by atomic mass is 9.67. The van der Waals surface area contributed by atoms with Crippen molar-refractivity contribution in [1.82, 2.24) is 29.6 Å². The predicted octanol–water partition coefficient (Wildman–Crippen LogP) is 3.87. The van der Waals surface area contributed by atoms with Crippen molar-refractivity contribution >= 4 is 22.7 Å². The molecule has 0 atom stereocenters. The van der Waals surface area contributed by atoms with Gasteiger partial charge < -0.3 is 10.6 Å². The van der Waals surface area contributed by atoms with E-state index in [9.17, 15) is 23.2 Å². The van der Waals surface area contributed by atoms with Gasteiger partial charge in [-0.05, 0) is 67.6 Å². The van der Waals surface area contributed by atoms with E-state index in [1.807, 2.05) is 18.2 Å². The number of anilines is 2. The highest BCUT2D eigenvalue weighted by atomic mass is 19.4. The number of alkyl halides is 3. The van der Waals surface area contributed by atoms with Gasteiger partial charge in [0.1, 0.15) is 11.9 Å². The fourth-order valence-electron chi connectivity index (χ4n) is 5.12. The van der Waals surface area contributed by atoms with Crippen LogP contribution in [-0.4, -0.2) is 37.0 Å². The largest absolute Gasteiger partial charge is 0.408 e. The number of nitrogens with zero attached hydrogens (tertiary/aromatic N) is 6. The van der Waals surface area contributed by atoms with Crippen LogP contribution in [0.3, 0.4) is 0 Å². The first kappa shape index (κ1) is 24.1. The lowest BCUT2D eigenvalue weighted by Crippen LogP contribution is -2.34. The second kappa shape index (κ2) is 8.95. The molecule has 1 aromatic carbocycles. The number of hydrogen-bond donors (Lipinski definition) is 2. The van der Waals surface area contributed by atoms with E-state index in [0.29, 0.717) is 23.2 Å². The van der Waals surface area contributed by atoms with Crippen molar-refractivity contribution in [2.24, 2.45) is 0 Å². The minimum absolute atomic E-state index is 0.0214. The molecule has 0 bridgehead atoms. The predicted molar refractivity (Wildman–Crippen MR) is 133 cm³/mol. The molecule has 1 aliphatic heterocycles. The molecule has 9 nitrogen and oxygen atoms in total. The quantitative estimate of drug-likeness (QED) is 0.411. The van der Waals surface area contributed by atoms with Gasteiger partial charge in [-0.3, -0.25) is 9.78 Å². The maximum atomic E-state index is 13.6. The van der Waals surface area contributed by atoms with Gasteiger partial charge in [0.25, 0.3) is 5.56 Å². The van der Waals surface area contributed by atoms with Crippen LogP contribution in [-0.2, 0) is 24.9 Å². The summed E-state index contributed by atoms with van der Waals surface area (Å²) in [5.41, 5.74) is 2.22. The summed E-state index contributed by atoms with van der Waals surface area (Å²) in [5, 5.41) is 16.1. The van der Waals surface area contributed by atoms with Crippen molar-refractivity contribution in [3.8, 4) is 11.8 Å². The van der Waals surface area contributed by atoms with Crippen LogP contribution in [0.25, 0.3) is 16.7 Å². The van der Waals surface area contributed by atoms with Crippen molar-refractivity contribution in [1.29, 1.82) is 5.26 Å². The minimum Gasteiger partial charge on any atom is -0.324 e. The third kappa shape index (κ3) is 4.18. The first-order chi connectivity index (χ1) is 18.3. The van der Waals surface area contributed by atoms with Gasteiger partial charge in [0.05, 0.1) is 22.9 Å². The molecule has 0 spiro atoms. The fourth-order valence-corrected chi connectivity index (χ4v) is 5.12. The van der Waals surface area contributed by atoms with E-state index in [1.165, 1.54) is 24.0 Å². The number of halogens is 3. The molecule has 0 amide bonds. The van der Waals surface area contributed by atoms with Crippen LogP contribution in [0.5, 0.6) is 0 Å². The molecule has 194 valence electrons. The smallest absolute Gasteiger partial charge is 0.324 e. The lowest BCUT2D eigenvalue weighted by molar-refractivity contribution is -0.144. The summed E-state index contributed by atoms with van der Waals surface area (Å²) < 4.78 is 42.4. The highest BCUT2D eigenvalue weighted by Gasteiger charge is 2.41. The Kier molecular flexibility index (Phi) is 5.68. The Hall–Kier alpha value is -4.24. The molecule has 1 saturated carbocycles. The number of aromatic nitrogens is 5. The Labute approximate surface area is 214 Å². The number of rotatable bonds is 5. The second-order valence-electron chi connectivity index (χ2n) is 9.70. The Morgan fingerprint density at radius 1 is 1.16 bits per heavy atom. The Morgan fingerprint density at radius 2 is 2.00 bits per heavy atom. The van der Waals surface area contributed by atoms with Gasteiger partial charge in [-0.25, -0.2) is 14.3 Å². The van der Waals surface area contributed by atoms with Crippen LogP contribution in [0.2, 0.25) is 0 Å². The maximum Gasteiger partial charge on any atom is 0.408 e. The molecule has 6 rings (SSSR count). The number of fused-ring (bicyclic) bond motifs is 2. The van der Waals surface area contributed by atoms with Crippen LogP contribution in [0.4, 0.5) is 24.8 Å². The number of nitriles is 1. The lowest BCUT2D eigenvalue weighted by Gasteiger charge is -2.34. The van der Waals surface area contributed by atoms with Gasteiger partial charge in [-0.2, -0.15) is 23.4 Å². The summed E-state index contributed by atoms with van der Waals surface area (Å²) in [6.45, 7) is 0.140. The first-order valence-corrected chi connectivity index (χ1v) is 12.3. The average Bonchev–Trinajstić information content (AvgIpc) is 3.13. The topological polar surface area (TPSA) is 113 Å². The van der Waals surface area contributed by atoms with Crippen LogP contribution >= 0.6 is 0 Å². The fraction of sp³-hybridized carbons (Fsp3) is 0.346. The van der Waals surface area contributed by atoms with E-state index in [4.69, 9.17) is 0 Å². The zero-order chi connectivity index (χ0) is 26.5. The number of nitrogens with one attached hydrogen (secondary N) is 2. The SMILES string of the molecule is N#CC1(c2cc(-n3c4nc(Nc5ccc6c(c5)CNCC6)ncc4c(=O)n3CC(F)(F)F)ccn2)CCC1. The second-order valence-corrected chi connectivity index (χ2v) is 9.70. The van der Waals surface area contributed by atoms with E-state index >= 15 is 0 Å². The summed E-state index contributed by atoms with van der Waals surface area (Å²) >= 11 is 0. The Morgan fingerprint density at radius 3 is 2.74 bits per heavy atom. The summed E-state index contributed by atoms with van der Waals surface area (Å²) in [5.74, 6) is 0.140. The van der Waals surface area contributed by atoms with Crippen molar-refractivity contribution in [2.75, 3.05) is 11.9 Å². The molecule has 2 N–H and O–H groups in total. The molecular weight excluding hydrogens is 497 g/mol. The van der Waals surface area contributed by atoms with E-state index < -0.39 is 23.7 Å². The molecule has 1 fully saturated rings. The highest BCUT2D eigenvalue weighted by molar-refractivity contribution is 5.77. The van der Waals surface area contributed by atoms with Crippen molar-refractivity contribution in [2.45, 2.75) is 50.4 Å². The molecule has 0 saturated heterocycles. The molecule has 0 unspecified atom stereocenters. The summed E-state index contributed by atoms with van der Waals surface area (Å²) in [7, 11) is 0. The van der Waals surface area contributed by atoms with Crippen LogP contribution in [0.1, 0.15) is 36.1 Å². The van der Waals surface area contributed by atoms with Crippen molar-refractivity contribution < 1.29 is 13.2 Å². The number of benzene rings is 1. The molecule has 3 aromatic heterocycles. The zero-order valence-corrected chi connectivity index (χ0v) is 20.2. The van der Waals surface area contributed by atoms with Crippen molar-refractivity contribution in [3.63, 3.8) is 0 Å². The van der Waals surface area contributed by atoms with E-state index in [0.717, 1.165) is 41.9 Å². The van der Waals surface area contributed by atoms with Crippen LogP contribution in [0, 0.1) is 11.3 Å². The summed E-state index contributed by atoms with van der Waals surface area (Å²) in [4.78, 5) is 26.1. The monoisotopic (exact) mass is 520 g/mol. The average molecular weight is 521 g/mol. The van der Waals surface area contributed by atoms with Gasteiger partial charge >= 0.3 is 6.18 Å². The van der Waals surface area contributed by atoms with Crippen LogP contribution < -0.4 is 16.2 Å². The molecule has 2 aliphatic rings. The molecular formula is C26H23F3N8O. The van der Waals surface area contributed by atoms with Crippen LogP contribution in [0.15, 0.2) is 47.5 Å². The zero-order valence-electron chi connectivity index (χ0n) is 20.2. The van der Waals surface area contributed by atoms with E-state index in [1.54, 1.807) is 6.07 Å². The molecule has 0 radical (unpaired) electrons. The van der Waals surface area contributed by atoms with Crippen molar-refractivity contribution in [3.05, 3.63) is 69.9 Å². The molecule has 12 heteroatoms. The Bertz CT molecular complexity index is 1650. The van der Waals surface area contributed by atoms with Gasteiger partial charge in [0, 0.05) is 24.6 Å². The molecule has 4 heterocycles. The third-order valence-electron chi connectivity index (χ3n) is 7.25. The van der Waals surface area contributed by atoms with Gasteiger partial charge in [-0.1, -0.05) is 6.07 Å². The molecule has 4 aromatic rings. The number of pyridine rings is 1. The summed E-state index contributed by atoms with van der Waals surface area (Å²) in [6.07, 6.45) is 1.06. The third-order valence-corrected chi connectivity index (χ3v) is 7.25.